The minimum atomic E-state index is -0.102. The van der Waals surface area contributed by atoms with Gasteiger partial charge in [0.2, 0.25) is 0 Å². The fourth-order valence-electron chi connectivity index (χ4n) is 3.22. The van der Waals surface area contributed by atoms with Gasteiger partial charge < -0.3 is 9.53 Å². The maximum atomic E-state index is 10.5. The van der Waals surface area contributed by atoms with Gasteiger partial charge in [-0.2, -0.15) is 0 Å². The van der Waals surface area contributed by atoms with E-state index in [-0.39, 0.29) is 11.0 Å². The molecular formula is C15H22O2. The Balaban J connectivity index is 2.04. The second kappa shape index (κ2) is 4.77. The number of hydrogen-bond acceptors (Lipinski definition) is 2. The SMILES string of the molecule is C=C(C=CC)C12CCC(CCC=O)(CC1)CO2. The molecule has 17 heavy (non-hydrogen) atoms. The van der Waals surface area contributed by atoms with E-state index in [2.05, 4.69) is 12.7 Å². The first-order valence-electron chi connectivity index (χ1n) is 6.56. The second-order valence-electron chi connectivity index (χ2n) is 5.51. The Morgan fingerprint density at radius 3 is 2.53 bits per heavy atom. The molecule has 3 fully saturated rings. The van der Waals surface area contributed by atoms with Crippen molar-refractivity contribution in [1.82, 2.24) is 0 Å². The molecule has 2 heteroatoms. The third-order valence-corrected chi connectivity index (χ3v) is 4.52. The van der Waals surface area contributed by atoms with Gasteiger partial charge in [-0.25, -0.2) is 0 Å². The summed E-state index contributed by atoms with van der Waals surface area (Å²) in [7, 11) is 0. The summed E-state index contributed by atoms with van der Waals surface area (Å²) < 4.78 is 6.11. The van der Waals surface area contributed by atoms with Gasteiger partial charge in [0.25, 0.3) is 0 Å². The molecule has 1 saturated carbocycles. The molecule has 0 radical (unpaired) electrons. The summed E-state index contributed by atoms with van der Waals surface area (Å²) in [4.78, 5) is 10.5. The summed E-state index contributed by atoms with van der Waals surface area (Å²) in [5, 5.41) is 0. The molecular weight excluding hydrogens is 212 g/mol. The number of aldehydes is 1. The van der Waals surface area contributed by atoms with Crippen LogP contribution in [0.1, 0.15) is 45.4 Å². The molecule has 0 aromatic heterocycles. The van der Waals surface area contributed by atoms with E-state index in [4.69, 9.17) is 4.74 Å². The number of rotatable bonds is 5. The molecule has 2 bridgehead atoms. The standard InChI is InChI=1S/C15H22O2/c1-3-5-13(2)15-9-7-14(8-10-15,12-17-15)6-4-11-16/h3,5,11H,2,4,6-10,12H2,1H3. The first-order chi connectivity index (χ1) is 8.16. The van der Waals surface area contributed by atoms with Crippen LogP contribution < -0.4 is 0 Å². The number of ether oxygens (including phenoxy) is 1. The lowest BCUT2D eigenvalue weighted by Crippen LogP contribution is -2.51. The number of hydrogen-bond donors (Lipinski definition) is 0. The molecule has 1 aliphatic carbocycles. The predicted octanol–water partition coefficient (Wildman–Crippen LogP) is 3.43. The second-order valence-corrected chi connectivity index (χ2v) is 5.51. The van der Waals surface area contributed by atoms with Crippen LogP contribution >= 0.6 is 0 Å². The van der Waals surface area contributed by atoms with Gasteiger partial charge >= 0.3 is 0 Å². The molecule has 0 amide bonds. The van der Waals surface area contributed by atoms with Gasteiger partial charge in [-0.1, -0.05) is 18.7 Å². The highest BCUT2D eigenvalue weighted by Gasteiger charge is 2.49. The molecule has 0 atom stereocenters. The predicted molar refractivity (Wildman–Crippen MR) is 68.8 cm³/mol. The maximum Gasteiger partial charge on any atom is 0.120 e. The Morgan fingerprint density at radius 1 is 1.35 bits per heavy atom. The number of fused-ring (bicyclic) bond motifs is 3. The highest BCUT2D eigenvalue weighted by Crippen LogP contribution is 2.53. The number of carbonyl (C=O) groups is 1. The van der Waals surface area contributed by atoms with Crippen molar-refractivity contribution in [3.63, 3.8) is 0 Å². The summed E-state index contributed by atoms with van der Waals surface area (Å²) in [6.07, 6.45) is 11.3. The summed E-state index contributed by atoms with van der Waals surface area (Å²) in [5.41, 5.74) is 1.29. The van der Waals surface area contributed by atoms with Gasteiger partial charge in [-0.3, -0.25) is 0 Å². The van der Waals surface area contributed by atoms with Crippen molar-refractivity contribution in [2.24, 2.45) is 5.41 Å². The largest absolute Gasteiger partial charge is 0.370 e. The van der Waals surface area contributed by atoms with Crippen molar-refractivity contribution in [2.75, 3.05) is 6.61 Å². The monoisotopic (exact) mass is 234 g/mol. The van der Waals surface area contributed by atoms with Crippen LogP contribution in [0.15, 0.2) is 24.3 Å². The number of carbonyl (C=O) groups excluding carboxylic acids is 1. The zero-order chi connectivity index (χ0) is 12.4. The van der Waals surface area contributed by atoms with E-state index in [0.717, 1.165) is 37.7 Å². The van der Waals surface area contributed by atoms with E-state index in [1.165, 1.54) is 12.8 Å². The van der Waals surface area contributed by atoms with Gasteiger partial charge in [0.15, 0.2) is 0 Å². The van der Waals surface area contributed by atoms with Crippen LogP contribution in [0.25, 0.3) is 0 Å². The Bertz CT molecular complexity index is 316. The van der Waals surface area contributed by atoms with Crippen LogP contribution in [-0.2, 0) is 9.53 Å². The van der Waals surface area contributed by atoms with Gasteiger partial charge in [0.1, 0.15) is 6.29 Å². The fourth-order valence-corrected chi connectivity index (χ4v) is 3.22. The van der Waals surface area contributed by atoms with E-state index in [0.29, 0.717) is 6.42 Å². The molecule has 2 heterocycles. The third-order valence-electron chi connectivity index (χ3n) is 4.52. The summed E-state index contributed by atoms with van der Waals surface area (Å²) in [6, 6.07) is 0. The zero-order valence-electron chi connectivity index (χ0n) is 10.7. The molecule has 3 aliphatic rings. The Hall–Kier alpha value is -0.890. The molecule has 0 N–H and O–H groups in total. The van der Waals surface area contributed by atoms with Crippen molar-refractivity contribution in [1.29, 1.82) is 0 Å². The third kappa shape index (κ3) is 2.23. The highest BCUT2D eigenvalue weighted by atomic mass is 16.5. The van der Waals surface area contributed by atoms with Crippen LogP contribution in [-0.4, -0.2) is 18.5 Å². The van der Waals surface area contributed by atoms with Crippen LogP contribution in [0.4, 0.5) is 0 Å². The van der Waals surface area contributed by atoms with Crippen LogP contribution in [0, 0.1) is 5.41 Å². The van der Waals surface area contributed by atoms with E-state index in [1.54, 1.807) is 0 Å². The highest BCUT2D eigenvalue weighted by molar-refractivity contribution is 5.49. The van der Waals surface area contributed by atoms with Gasteiger partial charge in [0, 0.05) is 6.42 Å². The van der Waals surface area contributed by atoms with Crippen LogP contribution in [0.3, 0.4) is 0 Å². The molecule has 3 rings (SSSR count). The molecule has 2 aliphatic heterocycles. The normalized spacial score (nSPS) is 36.3. The fraction of sp³-hybridized carbons (Fsp3) is 0.667. The summed E-state index contributed by atoms with van der Waals surface area (Å²) >= 11 is 0. The van der Waals surface area contributed by atoms with Crippen molar-refractivity contribution in [2.45, 2.75) is 51.0 Å². The van der Waals surface area contributed by atoms with E-state index >= 15 is 0 Å². The summed E-state index contributed by atoms with van der Waals surface area (Å²) in [6.45, 7) is 6.97. The lowest BCUT2D eigenvalue weighted by atomic mass is 9.62. The average molecular weight is 234 g/mol. The first-order valence-corrected chi connectivity index (χ1v) is 6.56. The van der Waals surface area contributed by atoms with Gasteiger partial charge in [-0.15, -0.1) is 0 Å². The van der Waals surface area contributed by atoms with Crippen molar-refractivity contribution < 1.29 is 9.53 Å². The van der Waals surface area contributed by atoms with E-state index in [1.807, 2.05) is 13.0 Å². The smallest absolute Gasteiger partial charge is 0.120 e. The minimum absolute atomic E-state index is 0.102. The minimum Gasteiger partial charge on any atom is -0.370 e. The quantitative estimate of drug-likeness (QED) is 0.538. The first kappa shape index (κ1) is 12.6. The lowest BCUT2D eigenvalue weighted by Gasteiger charge is -2.53. The lowest BCUT2D eigenvalue weighted by molar-refractivity contribution is -0.164. The average Bonchev–Trinajstić information content (AvgIpc) is 2.39. The van der Waals surface area contributed by atoms with Crippen molar-refractivity contribution in [3.05, 3.63) is 24.3 Å². The van der Waals surface area contributed by atoms with Gasteiger partial charge in [-0.05, 0) is 50.0 Å². The Labute approximate surface area is 104 Å². The molecule has 0 aromatic carbocycles. The Morgan fingerprint density at radius 2 is 2.06 bits per heavy atom. The molecule has 0 spiro atoms. The molecule has 2 nitrogen and oxygen atoms in total. The topological polar surface area (TPSA) is 26.3 Å². The summed E-state index contributed by atoms with van der Waals surface area (Å²) in [5.74, 6) is 0. The zero-order valence-corrected chi connectivity index (χ0v) is 10.7. The maximum absolute atomic E-state index is 10.5. The van der Waals surface area contributed by atoms with Crippen LogP contribution in [0.2, 0.25) is 0 Å². The van der Waals surface area contributed by atoms with Gasteiger partial charge in [0.05, 0.1) is 12.2 Å². The van der Waals surface area contributed by atoms with Crippen molar-refractivity contribution in [3.8, 4) is 0 Å². The van der Waals surface area contributed by atoms with E-state index in [9.17, 15) is 4.79 Å². The van der Waals surface area contributed by atoms with Crippen molar-refractivity contribution >= 4 is 6.29 Å². The molecule has 2 saturated heterocycles. The molecule has 94 valence electrons. The Kier molecular flexibility index (Phi) is 3.53. The van der Waals surface area contributed by atoms with E-state index < -0.39 is 0 Å². The molecule has 0 unspecified atom stereocenters. The molecule has 0 aromatic rings. The van der Waals surface area contributed by atoms with Crippen LogP contribution in [0.5, 0.6) is 0 Å². The number of allylic oxidation sites excluding steroid dienone is 1.